The van der Waals surface area contributed by atoms with Gasteiger partial charge in [0.1, 0.15) is 0 Å². The van der Waals surface area contributed by atoms with Crippen molar-refractivity contribution >= 4 is 10.9 Å². The van der Waals surface area contributed by atoms with E-state index in [0.717, 1.165) is 28.6 Å². The Morgan fingerprint density at radius 2 is 2.15 bits per heavy atom. The van der Waals surface area contributed by atoms with E-state index in [0.29, 0.717) is 5.92 Å². The number of aromatic amines is 1. The first kappa shape index (κ1) is 13.2. The molecule has 1 fully saturated rings. The van der Waals surface area contributed by atoms with E-state index in [1.165, 1.54) is 24.8 Å². The van der Waals surface area contributed by atoms with Crippen LogP contribution in [0.1, 0.15) is 49.8 Å². The second-order valence-corrected chi connectivity index (χ2v) is 5.72. The minimum atomic E-state index is 0.175. The van der Waals surface area contributed by atoms with Crippen LogP contribution in [0.5, 0.6) is 0 Å². The molecule has 1 heterocycles. The normalized spacial score (nSPS) is 19.7. The number of H-pyrrole nitrogens is 1. The molecule has 1 N–H and O–H groups in total. The van der Waals surface area contributed by atoms with Crippen molar-refractivity contribution in [3.05, 3.63) is 57.4 Å². The lowest BCUT2D eigenvalue weighted by atomic mass is 10.1. The Kier molecular flexibility index (Phi) is 3.47. The summed E-state index contributed by atoms with van der Waals surface area (Å²) < 4.78 is 0. The van der Waals surface area contributed by atoms with E-state index in [1.54, 1.807) is 0 Å². The van der Waals surface area contributed by atoms with Crippen molar-refractivity contribution in [2.45, 2.75) is 45.4 Å². The smallest absolute Gasteiger partial charge is 0.192 e. The first-order chi connectivity index (χ1) is 9.72. The Morgan fingerprint density at radius 1 is 1.35 bits per heavy atom. The van der Waals surface area contributed by atoms with Gasteiger partial charge in [0.25, 0.3) is 0 Å². The van der Waals surface area contributed by atoms with Crippen LogP contribution in [0.15, 0.2) is 40.7 Å². The third kappa shape index (κ3) is 2.31. The molecule has 1 aromatic carbocycles. The second-order valence-electron chi connectivity index (χ2n) is 5.72. The van der Waals surface area contributed by atoms with E-state index in [9.17, 15) is 4.79 Å². The summed E-state index contributed by atoms with van der Waals surface area (Å²) in [5.41, 5.74) is 4.63. The maximum atomic E-state index is 12.4. The SMILES string of the molecule is CCCC/C=C1/CC1c1[nH]c2ccccc2c(=O)c1C. The Hall–Kier alpha value is -1.83. The highest BCUT2D eigenvalue weighted by Gasteiger charge is 2.33. The Morgan fingerprint density at radius 3 is 2.95 bits per heavy atom. The van der Waals surface area contributed by atoms with Crippen molar-refractivity contribution < 1.29 is 0 Å². The summed E-state index contributed by atoms with van der Waals surface area (Å²) in [6, 6.07) is 7.78. The van der Waals surface area contributed by atoms with Gasteiger partial charge in [0.15, 0.2) is 5.43 Å². The van der Waals surface area contributed by atoms with Crippen molar-refractivity contribution in [3.8, 4) is 0 Å². The molecule has 1 aliphatic carbocycles. The number of fused-ring (bicyclic) bond motifs is 1. The summed E-state index contributed by atoms with van der Waals surface area (Å²) in [5.74, 6) is 0.448. The number of unbranched alkanes of at least 4 members (excludes halogenated alkanes) is 2. The standard InChI is InChI=1S/C18H21NO/c1-3-4-5-8-13-11-15(13)17-12(2)18(20)14-9-6-7-10-16(14)19-17/h6-10,15H,3-5,11H2,1-2H3,(H,19,20)/b13-8-. The molecule has 20 heavy (non-hydrogen) atoms. The largest absolute Gasteiger partial charge is 0.357 e. The lowest BCUT2D eigenvalue weighted by molar-refractivity contribution is 0.813. The highest BCUT2D eigenvalue weighted by atomic mass is 16.1. The molecular formula is C18H21NO. The van der Waals surface area contributed by atoms with Crippen molar-refractivity contribution in [1.82, 2.24) is 4.98 Å². The molecule has 0 spiro atoms. The third-order valence-corrected chi connectivity index (χ3v) is 4.23. The summed E-state index contributed by atoms with van der Waals surface area (Å²) in [6.45, 7) is 4.16. The Bertz CT molecular complexity index is 724. The molecule has 0 radical (unpaired) electrons. The molecule has 2 aromatic rings. The number of para-hydroxylation sites is 1. The molecule has 2 nitrogen and oxygen atoms in total. The van der Waals surface area contributed by atoms with Crippen LogP contribution < -0.4 is 5.43 Å². The molecule has 2 heteroatoms. The van der Waals surface area contributed by atoms with Crippen molar-refractivity contribution in [3.63, 3.8) is 0 Å². The number of benzene rings is 1. The van der Waals surface area contributed by atoms with Gasteiger partial charge in [0.2, 0.25) is 0 Å². The van der Waals surface area contributed by atoms with Gasteiger partial charge in [0, 0.05) is 28.1 Å². The first-order valence-electron chi connectivity index (χ1n) is 7.52. The molecule has 0 aliphatic heterocycles. The van der Waals surface area contributed by atoms with E-state index in [1.807, 2.05) is 31.2 Å². The van der Waals surface area contributed by atoms with E-state index in [-0.39, 0.29) is 5.43 Å². The molecule has 0 saturated heterocycles. The van der Waals surface area contributed by atoms with Crippen LogP contribution in [0.2, 0.25) is 0 Å². The first-order valence-corrected chi connectivity index (χ1v) is 7.52. The van der Waals surface area contributed by atoms with Crippen molar-refractivity contribution in [2.24, 2.45) is 0 Å². The number of hydrogen-bond acceptors (Lipinski definition) is 1. The summed E-state index contributed by atoms with van der Waals surface area (Å²) in [4.78, 5) is 15.9. The average molecular weight is 267 g/mol. The molecule has 1 saturated carbocycles. The number of hydrogen-bond donors (Lipinski definition) is 1. The number of allylic oxidation sites excluding steroid dienone is 2. The second kappa shape index (κ2) is 5.28. The van der Waals surface area contributed by atoms with Crippen LogP contribution in [-0.2, 0) is 0 Å². The van der Waals surface area contributed by atoms with E-state index in [2.05, 4.69) is 18.0 Å². The monoisotopic (exact) mass is 267 g/mol. The minimum absolute atomic E-state index is 0.175. The quantitative estimate of drug-likeness (QED) is 0.644. The van der Waals surface area contributed by atoms with Gasteiger partial charge in [-0.25, -0.2) is 0 Å². The van der Waals surface area contributed by atoms with Gasteiger partial charge in [0.05, 0.1) is 0 Å². The maximum Gasteiger partial charge on any atom is 0.192 e. The van der Waals surface area contributed by atoms with Gasteiger partial charge in [-0.05, 0) is 31.9 Å². The minimum Gasteiger partial charge on any atom is -0.357 e. The number of aromatic nitrogens is 1. The molecule has 0 amide bonds. The van der Waals surface area contributed by atoms with Gasteiger partial charge in [-0.2, -0.15) is 0 Å². The third-order valence-electron chi connectivity index (χ3n) is 4.23. The van der Waals surface area contributed by atoms with E-state index < -0.39 is 0 Å². The zero-order valence-corrected chi connectivity index (χ0v) is 12.2. The zero-order chi connectivity index (χ0) is 14.1. The van der Waals surface area contributed by atoms with Crippen LogP contribution in [0.4, 0.5) is 0 Å². The highest BCUT2D eigenvalue weighted by molar-refractivity contribution is 5.79. The van der Waals surface area contributed by atoms with Crippen LogP contribution in [0.3, 0.4) is 0 Å². The van der Waals surface area contributed by atoms with Crippen molar-refractivity contribution in [1.29, 1.82) is 0 Å². The van der Waals surface area contributed by atoms with Crippen molar-refractivity contribution in [2.75, 3.05) is 0 Å². The summed E-state index contributed by atoms with van der Waals surface area (Å²) in [7, 11) is 0. The van der Waals surface area contributed by atoms with Crippen LogP contribution in [0.25, 0.3) is 10.9 Å². The van der Waals surface area contributed by atoms with E-state index >= 15 is 0 Å². The van der Waals surface area contributed by atoms with Gasteiger partial charge < -0.3 is 4.98 Å². The van der Waals surface area contributed by atoms with Crippen LogP contribution >= 0.6 is 0 Å². The Balaban J connectivity index is 1.96. The average Bonchev–Trinajstić information content (AvgIpc) is 3.22. The molecule has 1 aromatic heterocycles. The lowest BCUT2D eigenvalue weighted by Gasteiger charge is -2.06. The van der Waals surface area contributed by atoms with Gasteiger partial charge in [-0.1, -0.05) is 43.5 Å². The fourth-order valence-corrected chi connectivity index (χ4v) is 2.88. The molecule has 104 valence electrons. The molecule has 3 rings (SSSR count). The molecule has 1 unspecified atom stereocenters. The molecule has 1 aliphatic rings. The topological polar surface area (TPSA) is 32.9 Å². The number of nitrogens with one attached hydrogen (secondary N) is 1. The fraction of sp³-hybridized carbons (Fsp3) is 0.389. The Labute approximate surface area is 119 Å². The van der Waals surface area contributed by atoms with Crippen LogP contribution in [-0.4, -0.2) is 4.98 Å². The lowest BCUT2D eigenvalue weighted by Crippen LogP contribution is -2.10. The molecule has 1 atom stereocenters. The summed E-state index contributed by atoms with van der Waals surface area (Å²) in [6.07, 6.45) is 7.13. The van der Waals surface area contributed by atoms with E-state index in [4.69, 9.17) is 0 Å². The number of pyridine rings is 1. The summed E-state index contributed by atoms with van der Waals surface area (Å²) >= 11 is 0. The fourth-order valence-electron chi connectivity index (χ4n) is 2.88. The zero-order valence-electron chi connectivity index (χ0n) is 12.2. The molecule has 0 bridgehead atoms. The van der Waals surface area contributed by atoms with Gasteiger partial charge >= 0.3 is 0 Å². The predicted molar refractivity (Wildman–Crippen MR) is 84.3 cm³/mol. The molecular weight excluding hydrogens is 246 g/mol. The van der Waals surface area contributed by atoms with Gasteiger partial charge in [-0.15, -0.1) is 0 Å². The summed E-state index contributed by atoms with van der Waals surface area (Å²) in [5, 5.41) is 0.797. The number of rotatable bonds is 4. The van der Waals surface area contributed by atoms with Gasteiger partial charge in [-0.3, -0.25) is 4.79 Å². The van der Waals surface area contributed by atoms with Crippen LogP contribution in [0, 0.1) is 6.92 Å². The highest BCUT2D eigenvalue weighted by Crippen LogP contribution is 2.47. The maximum absolute atomic E-state index is 12.4. The predicted octanol–water partition coefficient (Wildman–Crippen LogP) is 4.44.